The van der Waals surface area contributed by atoms with E-state index in [-0.39, 0.29) is 19.6 Å². The van der Waals surface area contributed by atoms with E-state index in [0.717, 1.165) is 38.5 Å². The second-order valence-corrected chi connectivity index (χ2v) is 16.2. The third kappa shape index (κ3) is 32.4. The second kappa shape index (κ2) is 42.0. The van der Waals surface area contributed by atoms with Crippen LogP contribution in [0.25, 0.3) is 0 Å². The molecule has 0 bridgehead atoms. The lowest BCUT2D eigenvalue weighted by molar-refractivity contribution is -0.305. The van der Waals surface area contributed by atoms with Crippen molar-refractivity contribution < 1.29 is 44.2 Å². The first-order chi connectivity index (χ1) is 29.4. The van der Waals surface area contributed by atoms with Crippen molar-refractivity contribution in [1.82, 2.24) is 0 Å². The summed E-state index contributed by atoms with van der Waals surface area (Å²) in [5.41, 5.74) is 0. The van der Waals surface area contributed by atoms with Crippen LogP contribution in [0.5, 0.6) is 0 Å². The van der Waals surface area contributed by atoms with Crippen LogP contribution in [0.3, 0.4) is 0 Å². The van der Waals surface area contributed by atoms with E-state index in [2.05, 4.69) is 74.6 Å². The number of allylic oxidation sites excluding steroid dienone is 11. The van der Waals surface area contributed by atoms with Crippen LogP contribution < -0.4 is 0 Å². The molecule has 9 heteroatoms. The molecule has 6 unspecified atom stereocenters. The highest BCUT2D eigenvalue weighted by Gasteiger charge is 2.44. The summed E-state index contributed by atoms with van der Waals surface area (Å²) >= 11 is 0. The maximum atomic E-state index is 12.7. The lowest BCUT2D eigenvalue weighted by atomic mass is 9.99. The molecule has 0 aromatic rings. The van der Waals surface area contributed by atoms with E-state index in [9.17, 15) is 25.2 Å². The number of esters is 1. The molecule has 1 aliphatic heterocycles. The maximum absolute atomic E-state index is 12.7. The van der Waals surface area contributed by atoms with E-state index < -0.39 is 49.4 Å². The Bertz CT molecular complexity index is 1140. The summed E-state index contributed by atoms with van der Waals surface area (Å²) in [6, 6.07) is 0. The normalized spacial score (nSPS) is 20.7. The minimum absolute atomic E-state index is 0.0842. The van der Waals surface area contributed by atoms with E-state index in [1.807, 2.05) is 6.08 Å². The number of ether oxygens (including phenoxy) is 4. The van der Waals surface area contributed by atoms with Crippen LogP contribution in [0.1, 0.15) is 181 Å². The van der Waals surface area contributed by atoms with Gasteiger partial charge < -0.3 is 39.4 Å². The van der Waals surface area contributed by atoms with Crippen LogP contribution >= 0.6 is 0 Å². The largest absolute Gasteiger partial charge is 0.457 e. The Hall–Kier alpha value is -2.37. The Morgan fingerprint density at radius 2 is 1.02 bits per heavy atom. The van der Waals surface area contributed by atoms with Crippen molar-refractivity contribution in [1.29, 1.82) is 0 Å². The first-order valence-electron chi connectivity index (χ1n) is 24.0. The van der Waals surface area contributed by atoms with Gasteiger partial charge in [-0.05, 0) is 64.2 Å². The van der Waals surface area contributed by atoms with E-state index in [1.165, 1.54) is 116 Å². The quantitative estimate of drug-likeness (QED) is 0.0270. The van der Waals surface area contributed by atoms with Crippen molar-refractivity contribution in [3.05, 3.63) is 72.9 Å². The number of hydrogen-bond donors (Lipinski definition) is 4. The molecule has 1 heterocycles. The minimum Gasteiger partial charge on any atom is -0.457 e. The molecular weight excluding hydrogens is 757 g/mol. The predicted molar refractivity (Wildman–Crippen MR) is 247 cm³/mol. The van der Waals surface area contributed by atoms with Crippen molar-refractivity contribution in [3.63, 3.8) is 0 Å². The van der Waals surface area contributed by atoms with Crippen molar-refractivity contribution >= 4 is 5.97 Å². The van der Waals surface area contributed by atoms with E-state index in [1.54, 1.807) is 6.08 Å². The minimum atomic E-state index is -1.56. The molecule has 9 nitrogen and oxygen atoms in total. The van der Waals surface area contributed by atoms with Gasteiger partial charge in [0.1, 0.15) is 30.5 Å². The van der Waals surface area contributed by atoms with Gasteiger partial charge in [0.2, 0.25) is 0 Å². The number of hydrogen-bond acceptors (Lipinski definition) is 9. The molecule has 4 N–H and O–H groups in total. The lowest BCUT2D eigenvalue weighted by Crippen LogP contribution is -2.59. The fourth-order valence-corrected chi connectivity index (χ4v) is 6.91. The molecule has 0 aliphatic carbocycles. The third-order valence-corrected chi connectivity index (χ3v) is 10.6. The molecule has 0 amide bonds. The number of carbonyl (C=O) groups is 1. The van der Waals surface area contributed by atoms with E-state index in [0.29, 0.717) is 13.0 Å². The third-order valence-electron chi connectivity index (χ3n) is 10.6. The van der Waals surface area contributed by atoms with Crippen molar-refractivity contribution in [2.75, 3.05) is 26.4 Å². The van der Waals surface area contributed by atoms with E-state index in [4.69, 9.17) is 18.9 Å². The van der Waals surface area contributed by atoms with Gasteiger partial charge in [-0.1, -0.05) is 183 Å². The van der Waals surface area contributed by atoms with Gasteiger partial charge in [0.25, 0.3) is 0 Å². The molecule has 0 radical (unpaired) electrons. The molecule has 6 atom stereocenters. The van der Waals surface area contributed by atoms with Crippen molar-refractivity contribution in [2.45, 2.75) is 218 Å². The molecule has 1 rings (SSSR count). The van der Waals surface area contributed by atoms with Crippen LogP contribution in [0.4, 0.5) is 0 Å². The summed E-state index contributed by atoms with van der Waals surface area (Å²) in [5.74, 6) is -0.441. The van der Waals surface area contributed by atoms with Crippen LogP contribution in [0.2, 0.25) is 0 Å². The summed E-state index contributed by atoms with van der Waals surface area (Å²) in [7, 11) is 0. The molecule has 1 saturated heterocycles. The van der Waals surface area contributed by atoms with Gasteiger partial charge in [-0.2, -0.15) is 0 Å². The molecule has 1 aliphatic rings. The smallest absolute Gasteiger partial charge is 0.310 e. The number of carbonyl (C=O) groups excluding carboxylic acids is 1. The van der Waals surface area contributed by atoms with Crippen LogP contribution in [-0.4, -0.2) is 89.6 Å². The molecule has 0 aromatic carbocycles. The van der Waals surface area contributed by atoms with Crippen LogP contribution in [0, 0.1) is 0 Å². The van der Waals surface area contributed by atoms with Gasteiger partial charge in [0.15, 0.2) is 6.29 Å². The van der Waals surface area contributed by atoms with Gasteiger partial charge in [0.05, 0.1) is 26.2 Å². The lowest BCUT2D eigenvalue weighted by Gasteiger charge is -2.39. The monoisotopic (exact) mass is 845 g/mol. The average Bonchev–Trinajstić information content (AvgIpc) is 3.25. The Kier molecular flexibility index (Phi) is 38.9. The molecule has 0 saturated carbocycles. The second-order valence-electron chi connectivity index (χ2n) is 16.2. The average molecular weight is 845 g/mol. The number of rotatable bonds is 40. The fraction of sp³-hybridized carbons (Fsp3) is 0.745. The summed E-state index contributed by atoms with van der Waals surface area (Å²) in [6.07, 6.45) is 48.2. The van der Waals surface area contributed by atoms with Crippen LogP contribution in [0.15, 0.2) is 72.9 Å². The summed E-state index contributed by atoms with van der Waals surface area (Å²) in [5, 5.41) is 40.1. The summed E-state index contributed by atoms with van der Waals surface area (Å²) in [4.78, 5) is 12.7. The zero-order valence-corrected chi connectivity index (χ0v) is 37.9. The van der Waals surface area contributed by atoms with Crippen molar-refractivity contribution in [3.8, 4) is 0 Å². The standard InChI is InChI=1S/C51H88O9/c1-3-5-7-9-11-13-15-17-19-20-21-22-23-24-25-27-29-31-33-35-37-39-41-57-43-45(44-58-51-50(56)49(55)48(54)46(42-52)60-51)59-47(53)40-38-36-34-32-30-28-26-18-16-14-12-10-8-6-4-2/h6,8,12,14,18,20-21,26,30,32,36,38,45-46,48-52,54-56H,3-5,7,9-11,13,15-17,19,22-25,27-29,31,33-35,37,39-44H2,1-2H3/b8-6-,14-12-,21-20-,26-18-,32-30-,38-36-. The first kappa shape index (κ1) is 55.6. The fourth-order valence-electron chi connectivity index (χ4n) is 6.91. The molecule has 346 valence electrons. The number of unbranched alkanes of at least 4 members (excludes halogenated alkanes) is 18. The highest BCUT2D eigenvalue weighted by Crippen LogP contribution is 2.22. The van der Waals surface area contributed by atoms with Gasteiger partial charge in [0, 0.05) is 6.61 Å². The Morgan fingerprint density at radius 3 is 1.52 bits per heavy atom. The number of aliphatic hydroxyl groups is 4. The molecule has 60 heavy (non-hydrogen) atoms. The summed E-state index contributed by atoms with van der Waals surface area (Å²) < 4.78 is 22.7. The highest BCUT2D eigenvalue weighted by atomic mass is 16.7. The van der Waals surface area contributed by atoms with Gasteiger partial charge in [-0.15, -0.1) is 0 Å². The molecule has 1 fully saturated rings. The number of aliphatic hydroxyl groups excluding tert-OH is 4. The zero-order valence-electron chi connectivity index (χ0n) is 37.9. The Morgan fingerprint density at radius 1 is 0.550 bits per heavy atom. The van der Waals surface area contributed by atoms with Crippen LogP contribution in [-0.2, 0) is 23.7 Å². The zero-order chi connectivity index (χ0) is 43.6. The highest BCUT2D eigenvalue weighted by molar-refractivity contribution is 5.71. The molecular formula is C51H88O9. The molecule has 0 spiro atoms. The van der Waals surface area contributed by atoms with Crippen molar-refractivity contribution in [2.24, 2.45) is 0 Å². The van der Waals surface area contributed by atoms with Gasteiger partial charge in [-0.25, -0.2) is 0 Å². The molecule has 0 aromatic heterocycles. The SMILES string of the molecule is CC/C=C\C/C=C\C/C=C\C/C=C\C/C=C\CC(=O)OC(COCCCCCCCCCCCC/C=C\CCCCCCCCCC)COC1OC(CO)C(O)C(O)C1O. The van der Waals surface area contributed by atoms with Gasteiger partial charge >= 0.3 is 5.97 Å². The maximum Gasteiger partial charge on any atom is 0.310 e. The topological polar surface area (TPSA) is 135 Å². The van der Waals surface area contributed by atoms with Gasteiger partial charge in [-0.3, -0.25) is 4.79 Å². The predicted octanol–water partition coefficient (Wildman–Crippen LogP) is 11.3. The summed E-state index contributed by atoms with van der Waals surface area (Å²) in [6.45, 7) is 4.32. The Balaban J connectivity index is 2.26. The van der Waals surface area contributed by atoms with E-state index >= 15 is 0 Å². The Labute approximate surface area is 366 Å². The first-order valence-corrected chi connectivity index (χ1v) is 24.0.